The lowest BCUT2D eigenvalue weighted by Gasteiger charge is -2.05. The zero-order chi connectivity index (χ0) is 13.7. The summed E-state index contributed by atoms with van der Waals surface area (Å²) in [5.74, 6) is 0. The molecule has 6 heteroatoms. The van der Waals surface area contributed by atoms with Crippen molar-refractivity contribution in [3.63, 3.8) is 0 Å². The quantitative estimate of drug-likeness (QED) is 0.785. The summed E-state index contributed by atoms with van der Waals surface area (Å²) in [7, 11) is 1.71. The van der Waals surface area contributed by atoms with Gasteiger partial charge in [0.1, 0.15) is 5.01 Å². The summed E-state index contributed by atoms with van der Waals surface area (Å²) in [6.07, 6.45) is 1.93. The highest BCUT2D eigenvalue weighted by Gasteiger charge is 2.08. The van der Waals surface area contributed by atoms with Crippen LogP contribution in [0.1, 0.15) is 22.0 Å². The molecule has 0 atom stereocenters. The standard InChI is InChI=1S/C13H20N4OS/c1-10-9-19-13(16-10)8-17-11(2)12(7-15-17)6-14-4-5-18-3/h7,9,14H,4-6,8H2,1-3H3. The molecule has 2 aromatic rings. The lowest BCUT2D eigenvalue weighted by molar-refractivity contribution is 0.199. The molecule has 19 heavy (non-hydrogen) atoms. The van der Waals surface area contributed by atoms with Gasteiger partial charge in [-0.3, -0.25) is 4.68 Å². The third-order valence-corrected chi connectivity index (χ3v) is 3.91. The zero-order valence-electron chi connectivity index (χ0n) is 11.6. The number of methoxy groups -OCH3 is 1. The van der Waals surface area contributed by atoms with Crippen LogP contribution >= 0.6 is 11.3 Å². The Morgan fingerprint density at radius 1 is 1.42 bits per heavy atom. The number of aromatic nitrogens is 3. The van der Waals surface area contributed by atoms with E-state index in [0.717, 1.165) is 36.9 Å². The van der Waals surface area contributed by atoms with Gasteiger partial charge in [-0.25, -0.2) is 4.98 Å². The average molecular weight is 280 g/mol. The second kappa shape index (κ2) is 6.79. The van der Waals surface area contributed by atoms with E-state index in [1.807, 2.05) is 17.8 Å². The summed E-state index contributed by atoms with van der Waals surface area (Å²) in [6.45, 7) is 7.27. The van der Waals surface area contributed by atoms with Crippen molar-refractivity contribution in [2.75, 3.05) is 20.3 Å². The van der Waals surface area contributed by atoms with Gasteiger partial charge in [-0.1, -0.05) is 0 Å². The van der Waals surface area contributed by atoms with Crippen LogP contribution in [0.15, 0.2) is 11.6 Å². The maximum absolute atomic E-state index is 5.01. The third kappa shape index (κ3) is 3.86. The molecule has 2 aromatic heterocycles. The third-order valence-electron chi connectivity index (χ3n) is 2.95. The first-order valence-corrected chi connectivity index (χ1v) is 7.20. The molecule has 0 aliphatic rings. The smallest absolute Gasteiger partial charge is 0.114 e. The normalized spacial score (nSPS) is 11.1. The Labute approximate surface area is 117 Å². The van der Waals surface area contributed by atoms with Crippen molar-refractivity contribution in [3.8, 4) is 0 Å². The molecule has 0 amide bonds. The fraction of sp³-hybridized carbons (Fsp3) is 0.538. The second-order valence-electron chi connectivity index (χ2n) is 4.47. The molecule has 1 N–H and O–H groups in total. The molecule has 0 saturated heterocycles. The van der Waals surface area contributed by atoms with E-state index in [9.17, 15) is 0 Å². The van der Waals surface area contributed by atoms with Gasteiger partial charge in [0, 0.05) is 42.5 Å². The van der Waals surface area contributed by atoms with Crippen LogP contribution in [0.4, 0.5) is 0 Å². The Hall–Kier alpha value is -1.24. The van der Waals surface area contributed by atoms with Crippen LogP contribution in [0, 0.1) is 13.8 Å². The van der Waals surface area contributed by atoms with Crippen molar-refractivity contribution in [2.24, 2.45) is 0 Å². The van der Waals surface area contributed by atoms with Gasteiger partial charge in [-0.15, -0.1) is 11.3 Å². The number of ether oxygens (including phenoxy) is 1. The van der Waals surface area contributed by atoms with Gasteiger partial charge in [-0.05, 0) is 13.8 Å². The Balaban J connectivity index is 1.94. The van der Waals surface area contributed by atoms with Gasteiger partial charge in [0.25, 0.3) is 0 Å². The van der Waals surface area contributed by atoms with E-state index in [2.05, 4.69) is 27.7 Å². The lowest BCUT2D eigenvalue weighted by Crippen LogP contribution is -2.18. The van der Waals surface area contributed by atoms with Crippen LogP contribution in [0.5, 0.6) is 0 Å². The molecule has 0 bridgehead atoms. The summed E-state index contributed by atoms with van der Waals surface area (Å²) >= 11 is 1.68. The van der Waals surface area contributed by atoms with Crippen LogP contribution in [-0.4, -0.2) is 35.0 Å². The van der Waals surface area contributed by atoms with Crippen molar-refractivity contribution < 1.29 is 4.74 Å². The number of nitrogens with zero attached hydrogens (tertiary/aromatic N) is 3. The maximum atomic E-state index is 5.01. The van der Waals surface area contributed by atoms with E-state index in [-0.39, 0.29) is 0 Å². The predicted molar refractivity (Wildman–Crippen MR) is 76.5 cm³/mol. The molecule has 2 rings (SSSR count). The Bertz CT molecular complexity index is 520. The maximum Gasteiger partial charge on any atom is 0.114 e. The summed E-state index contributed by atoms with van der Waals surface area (Å²) in [5, 5.41) is 10.9. The largest absolute Gasteiger partial charge is 0.383 e. The summed E-state index contributed by atoms with van der Waals surface area (Å²) in [5.41, 5.74) is 3.49. The molecule has 0 aliphatic carbocycles. The molecule has 0 spiro atoms. The first-order valence-electron chi connectivity index (χ1n) is 6.32. The molecule has 0 saturated carbocycles. The lowest BCUT2D eigenvalue weighted by atomic mass is 10.2. The molecule has 0 radical (unpaired) electrons. The van der Waals surface area contributed by atoms with E-state index in [1.54, 1.807) is 18.4 Å². The fourth-order valence-corrected chi connectivity index (χ4v) is 2.57. The van der Waals surface area contributed by atoms with E-state index in [1.165, 1.54) is 11.3 Å². The zero-order valence-corrected chi connectivity index (χ0v) is 12.5. The van der Waals surface area contributed by atoms with Gasteiger partial charge in [0.2, 0.25) is 0 Å². The van der Waals surface area contributed by atoms with Gasteiger partial charge >= 0.3 is 0 Å². The van der Waals surface area contributed by atoms with Crippen LogP contribution in [0.3, 0.4) is 0 Å². The predicted octanol–water partition coefficient (Wildman–Crippen LogP) is 1.74. The Kier molecular flexibility index (Phi) is 5.07. The average Bonchev–Trinajstić information content (AvgIpc) is 2.95. The van der Waals surface area contributed by atoms with Crippen LogP contribution in [0.2, 0.25) is 0 Å². The molecule has 0 unspecified atom stereocenters. The monoisotopic (exact) mass is 280 g/mol. The summed E-state index contributed by atoms with van der Waals surface area (Å²) < 4.78 is 7.01. The molecule has 0 fully saturated rings. The van der Waals surface area contributed by atoms with E-state index in [0.29, 0.717) is 0 Å². The van der Waals surface area contributed by atoms with Crippen LogP contribution in [0.25, 0.3) is 0 Å². The fourth-order valence-electron chi connectivity index (χ4n) is 1.82. The topological polar surface area (TPSA) is 52.0 Å². The first-order chi connectivity index (χ1) is 9.20. The molecule has 2 heterocycles. The number of thiazole rings is 1. The minimum Gasteiger partial charge on any atom is -0.383 e. The van der Waals surface area contributed by atoms with E-state index >= 15 is 0 Å². The van der Waals surface area contributed by atoms with Crippen molar-refractivity contribution in [1.29, 1.82) is 0 Å². The van der Waals surface area contributed by atoms with E-state index < -0.39 is 0 Å². The number of hydrogen-bond acceptors (Lipinski definition) is 5. The SMILES string of the molecule is COCCNCc1cnn(Cc2nc(C)cs2)c1C. The van der Waals surface area contributed by atoms with Gasteiger partial charge in [-0.2, -0.15) is 5.10 Å². The number of nitrogens with one attached hydrogen (secondary N) is 1. The van der Waals surface area contributed by atoms with Crippen molar-refractivity contribution in [2.45, 2.75) is 26.9 Å². The minimum absolute atomic E-state index is 0.728. The van der Waals surface area contributed by atoms with Gasteiger partial charge < -0.3 is 10.1 Å². The van der Waals surface area contributed by atoms with Crippen LogP contribution in [-0.2, 0) is 17.8 Å². The number of rotatable bonds is 7. The molecule has 0 aromatic carbocycles. The molecule has 0 aliphatic heterocycles. The van der Waals surface area contributed by atoms with Crippen LogP contribution < -0.4 is 5.32 Å². The number of aryl methyl sites for hydroxylation is 1. The Morgan fingerprint density at radius 2 is 2.26 bits per heavy atom. The Morgan fingerprint density at radius 3 is 2.95 bits per heavy atom. The molecule has 104 valence electrons. The molecule has 5 nitrogen and oxygen atoms in total. The van der Waals surface area contributed by atoms with Gasteiger partial charge in [0.15, 0.2) is 0 Å². The highest BCUT2D eigenvalue weighted by atomic mass is 32.1. The van der Waals surface area contributed by atoms with Crippen molar-refractivity contribution in [1.82, 2.24) is 20.1 Å². The number of hydrogen-bond donors (Lipinski definition) is 1. The molecular weight excluding hydrogens is 260 g/mol. The summed E-state index contributed by atoms with van der Waals surface area (Å²) in [4.78, 5) is 4.47. The van der Waals surface area contributed by atoms with Crippen molar-refractivity contribution in [3.05, 3.63) is 33.5 Å². The highest BCUT2D eigenvalue weighted by Crippen LogP contribution is 2.13. The summed E-state index contributed by atoms with van der Waals surface area (Å²) in [6, 6.07) is 0. The van der Waals surface area contributed by atoms with Gasteiger partial charge in [0.05, 0.1) is 19.3 Å². The molecular formula is C13H20N4OS. The van der Waals surface area contributed by atoms with E-state index in [4.69, 9.17) is 4.74 Å². The van der Waals surface area contributed by atoms with Crippen molar-refractivity contribution >= 4 is 11.3 Å². The second-order valence-corrected chi connectivity index (χ2v) is 5.41. The highest BCUT2D eigenvalue weighted by molar-refractivity contribution is 7.09. The first kappa shape index (κ1) is 14.2. The minimum atomic E-state index is 0.728.